The number of nitrogens with one attached hydrogen (secondary N) is 2. The van der Waals surface area contributed by atoms with E-state index in [-0.39, 0.29) is 24.5 Å². The van der Waals surface area contributed by atoms with Crippen molar-refractivity contribution >= 4 is 40.6 Å². The number of hydrogen-bond acceptors (Lipinski definition) is 5. The van der Waals surface area contributed by atoms with E-state index in [1.807, 2.05) is 13.8 Å². The van der Waals surface area contributed by atoms with Crippen LogP contribution in [0, 0.1) is 0 Å². The Bertz CT molecular complexity index is 782. The molecule has 0 saturated heterocycles. The van der Waals surface area contributed by atoms with E-state index in [1.54, 1.807) is 41.7 Å². The minimum absolute atomic E-state index is 0.0843. The van der Waals surface area contributed by atoms with Crippen LogP contribution >= 0.6 is 22.9 Å². The normalized spacial score (nSPS) is 11.7. The molecule has 0 aliphatic heterocycles. The number of benzene rings is 1. The topological polar surface area (TPSA) is 83.6 Å². The zero-order valence-electron chi connectivity index (χ0n) is 16.2. The molecule has 7 nitrogen and oxygen atoms in total. The van der Waals surface area contributed by atoms with Crippen LogP contribution in [-0.2, 0) is 11.3 Å². The third-order valence-electron chi connectivity index (χ3n) is 4.05. The Hall–Kier alpha value is -2.16. The first kappa shape index (κ1) is 22.1. The quantitative estimate of drug-likeness (QED) is 0.637. The van der Waals surface area contributed by atoms with Gasteiger partial charge < -0.3 is 20.3 Å². The van der Waals surface area contributed by atoms with Crippen molar-refractivity contribution < 1.29 is 14.3 Å². The SMILES string of the molecule is CC[C@H](C)NC(=O)c1csc(CN(CCOC)C(=O)Nc2ccc(Cl)cc2)n1. The van der Waals surface area contributed by atoms with Crippen molar-refractivity contribution in [1.29, 1.82) is 0 Å². The van der Waals surface area contributed by atoms with Crippen LogP contribution in [0.25, 0.3) is 0 Å². The summed E-state index contributed by atoms with van der Waals surface area (Å²) >= 11 is 7.22. The number of amides is 3. The molecule has 2 rings (SSSR count). The highest BCUT2D eigenvalue weighted by atomic mass is 35.5. The second-order valence-electron chi connectivity index (χ2n) is 6.26. The Morgan fingerprint density at radius 3 is 2.68 bits per heavy atom. The number of anilines is 1. The van der Waals surface area contributed by atoms with Gasteiger partial charge in [0.1, 0.15) is 10.7 Å². The minimum atomic E-state index is -0.278. The molecular formula is C19H25ClN4O3S. The van der Waals surface area contributed by atoms with E-state index < -0.39 is 0 Å². The maximum atomic E-state index is 12.7. The molecular weight excluding hydrogens is 400 g/mol. The lowest BCUT2D eigenvalue weighted by atomic mass is 10.2. The molecule has 0 bridgehead atoms. The van der Waals surface area contributed by atoms with Crippen LogP contribution in [-0.4, -0.2) is 48.1 Å². The number of methoxy groups -OCH3 is 1. The van der Waals surface area contributed by atoms with Crippen molar-refractivity contribution in [1.82, 2.24) is 15.2 Å². The molecule has 0 aliphatic carbocycles. The van der Waals surface area contributed by atoms with E-state index >= 15 is 0 Å². The first-order chi connectivity index (χ1) is 13.4. The van der Waals surface area contributed by atoms with Gasteiger partial charge in [0, 0.05) is 35.8 Å². The van der Waals surface area contributed by atoms with Crippen molar-refractivity contribution in [3.63, 3.8) is 0 Å². The number of urea groups is 1. The van der Waals surface area contributed by atoms with Crippen LogP contribution in [0.2, 0.25) is 5.02 Å². The fraction of sp³-hybridized carbons (Fsp3) is 0.421. The summed E-state index contributed by atoms with van der Waals surface area (Å²) in [6.07, 6.45) is 0.846. The summed E-state index contributed by atoms with van der Waals surface area (Å²) in [7, 11) is 1.58. The first-order valence-electron chi connectivity index (χ1n) is 8.98. The lowest BCUT2D eigenvalue weighted by molar-refractivity contribution is 0.0934. The van der Waals surface area contributed by atoms with Crippen LogP contribution < -0.4 is 10.6 Å². The number of thiazole rings is 1. The van der Waals surface area contributed by atoms with E-state index in [0.29, 0.717) is 34.6 Å². The third-order valence-corrected chi connectivity index (χ3v) is 5.13. The number of hydrogen-bond donors (Lipinski definition) is 2. The standard InChI is InChI=1S/C19H25ClN4O3S/c1-4-13(2)21-18(25)16-12-28-17(23-16)11-24(9-10-27-3)19(26)22-15-7-5-14(20)6-8-15/h5-8,12-13H,4,9-11H2,1-3H3,(H,21,25)(H,22,26)/t13-/m0/s1. The lowest BCUT2D eigenvalue weighted by Crippen LogP contribution is -2.37. The molecule has 0 aliphatic rings. The number of ether oxygens (including phenoxy) is 1. The van der Waals surface area contributed by atoms with Crippen LogP contribution in [0.15, 0.2) is 29.6 Å². The molecule has 1 heterocycles. The smallest absolute Gasteiger partial charge is 0.322 e. The number of rotatable bonds is 9. The predicted octanol–water partition coefficient (Wildman–Crippen LogP) is 4.01. The highest BCUT2D eigenvalue weighted by Gasteiger charge is 2.18. The molecule has 28 heavy (non-hydrogen) atoms. The van der Waals surface area contributed by atoms with Crippen LogP contribution in [0.1, 0.15) is 35.8 Å². The van der Waals surface area contributed by atoms with Gasteiger partial charge in [0.25, 0.3) is 5.91 Å². The summed E-state index contributed by atoms with van der Waals surface area (Å²) in [4.78, 5) is 30.8. The maximum absolute atomic E-state index is 12.7. The average Bonchev–Trinajstić information content (AvgIpc) is 3.15. The predicted molar refractivity (Wildman–Crippen MR) is 112 cm³/mol. The Labute approximate surface area is 174 Å². The number of aromatic nitrogens is 1. The zero-order chi connectivity index (χ0) is 20.5. The van der Waals surface area contributed by atoms with Gasteiger partial charge in [-0.25, -0.2) is 9.78 Å². The Balaban J connectivity index is 2.04. The molecule has 1 atom stereocenters. The maximum Gasteiger partial charge on any atom is 0.322 e. The second-order valence-corrected chi connectivity index (χ2v) is 7.64. The summed E-state index contributed by atoms with van der Waals surface area (Å²) in [5.41, 5.74) is 1.01. The molecule has 152 valence electrons. The monoisotopic (exact) mass is 424 g/mol. The molecule has 0 fully saturated rings. The van der Waals surface area contributed by atoms with Crippen LogP contribution in [0.3, 0.4) is 0 Å². The summed E-state index contributed by atoms with van der Waals surface area (Å²) in [5, 5.41) is 8.70. The van der Waals surface area contributed by atoms with Gasteiger partial charge in [-0.2, -0.15) is 0 Å². The van der Waals surface area contributed by atoms with Gasteiger partial charge in [0.05, 0.1) is 13.2 Å². The van der Waals surface area contributed by atoms with Gasteiger partial charge >= 0.3 is 6.03 Å². The molecule has 9 heteroatoms. The van der Waals surface area contributed by atoms with E-state index in [9.17, 15) is 9.59 Å². The number of halogens is 1. The van der Waals surface area contributed by atoms with Gasteiger partial charge in [-0.3, -0.25) is 4.79 Å². The fourth-order valence-corrected chi connectivity index (χ4v) is 3.16. The van der Waals surface area contributed by atoms with Crippen LogP contribution in [0.5, 0.6) is 0 Å². The van der Waals surface area contributed by atoms with E-state index in [2.05, 4.69) is 15.6 Å². The van der Waals surface area contributed by atoms with E-state index in [4.69, 9.17) is 16.3 Å². The van der Waals surface area contributed by atoms with Crippen molar-refractivity contribution in [3.05, 3.63) is 45.4 Å². The Morgan fingerprint density at radius 2 is 2.04 bits per heavy atom. The van der Waals surface area contributed by atoms with Gasteiger partial charge in [0.15, 0.2) is 0 Å². The molecule has 2 aromatic rings. The third kappa shape index (κ3) is 6.78. The molecule has 0 radical (unpaired) electrons. The number of carbonyl (C=O) groups excluding carboxylic acids is 2. The minimum Gasteiger partial charge on any atom is -0.383 e. The van der Waals surface area contributed by atoms with Crippen molar-refractivity contribution in [3.8, 4) is 0 Å². The number of carbonyl (C=O) groups is 2. The summed E-state index contributed by atoms with van der Waals surface area (Å²) in [5.74, 6) is -0.203. The Kier molecular flexibility index (Phi) is 8.69. The molecule has 2 N–H and O–H groups in total. The lowest BCUT2D eigenvalue weighted by Gasteiger charge is -2.21. The number of nitrogens with zero attached hydrogens (tertiary/aromatic N) is 2. The van der Waals surface area contributed by atoms with Crippen molar-refractivity contribution in [2.24, 2.45) is 0 Å². The highest BCUT2D eigenvalue weighted by Crippen LogP contribution is 2.16. The van der Waals surface area contributed by atoms with E-state index in [1.165, 1.54) is 11.3 Å². The molecule has 1 aromatic carbocycles. The highest BCUT2D eigenvalue weighted by molar-refractivity contribution is 7.09. The summed E-state index contributed by atoms with van der Waals surface area (Å²) in [6.45, 7) is 5.01. The van der Waals surface area contributed by atoms with Gasteiger partial charge in [-0.05, 0) is 37.6 Å². The zero-order valence-corrected chi connectivity index (χ0v) is 17.8. The molecule has 3 amide bonds. The molecule has 0 unspecified atom stereocenters. The van der Waals surface area contributed by atoms with Crippen molar-refractivity contribution in [2.45, 2.75) is 32.9 Å². The summed E-state index contributed by atoms with van der Waals surface area (Å²) in [6, 6.07) is 6.69. The average molecular weight is 425 g/mol. The fourth-order valence-electron chi connectivity index (χ4n) is 2.24. The second kappa shape index (κ2) is 11.0. The summed E-state index contributed by atoms with van der Waals surface area (Å²) < 4.78 is 5.11. The molecule has 0 spiro atoms. The van der Waals surface area contributed by atoms with Gasteiger partial charge in [-0.15, -0.1) is 11.3 Å². The molecule has 0 saturated carbocycles. The Morgan fingerprint density at radius 1 is 1.32 bits per heavy atom. The van der Waals surface area contributed by atoms with Gasteiger partial charge in [-0.1, -0.05) is 18.5 Å². The van der Waals surface area contributed by atoms with Gasteiger partial charge in [0.2, 0.25) is 0 Å². The largest absolute Gasteiger partial charge is 0.383 e. The van der Waals surface area contributed by atoms with Crippen molar-refractivity contribution in [2.75, 3.05) is 25.6 Å². The first-order valence-corrected chi connectivity index (χ1v) is 10.2. The molecule has 1 aromatic heterocycles. The van der Waals surface area contributed by atoms with E-state index in [0.717, 1.165) is 6.42 Å². The van der Waals surface area contributed by atoms with Crippen LogP contribution in [0.4, 0.5) is 10.5 Å².